The van der Waals surface area contributed by atoms with E-state index >= 15 is 0 Å². The summed E-state index contributed by atoms with van der Waals surface area (Å²) in [6.45, 7) is 1.97. The molecule has 0 spiro atoms. The van der Waals surface area contributed by atoms with Crippen LogP contribution in [0.2, 0.25) is 0 Å². The van der Waals surface area contributed by atoms with Gasteiger partial charge in [-0.1, -0.05) is 18.2 Å². The van der Waals surface area contributed by atoms with E-state index in [1.54, 1.807) is 0 Å². The first kappa shape index (κ1) is 10.4. The van der Waals surface area contributed by atoms with Gasteiger partial charge in [0.2, 0.25) is 0 Å². The molecular weight excluding hydrogens is 188 g/mol. The molecule has 0 saturated carbocycles. The number of aliphatic hydroxyl groups is 1. The van der Waals surface area contributed by atoms with Gasteiger partial charge >= 0.3 is 0 Å². The minimum atomic E-state index is -0.357. The number of para-hydroxylation sites is 1. The maximum Gasteiger partial charge on any atom is 0.125 e. The molecule has 0 aliphatic carbocycles. The predicted molar refractivity (Wildman–Crippen MR) is 53.4 cm³/mol. The molecule has 1 aromatic rings. The Hall–Kier alpha value is -0.730. The van der Waals surface area contributed by atoms with E-state index in [2.05, 4.69) is 0 Å². The molecule has 72 valence electrons. The van der Waals surface area contributed by atoms with Gasteiger partial charge in [0.05, 0.1) is 12.2 Å². The van der Waals surface area contributed by atoms with Crippen molar-refractivity contribution in [1.82, 2.24) is 0 Å². The number of rotatable bonds is 0. The molecule has 0 saturated heterocycles. The summed E-state index contributed by atoms with van der Waals surface area (Å²) in [5.74, 6) is 0.823. The Kier molecular flexibility index (Phi) is 3.17. The van der Waals surface area contributed by atoms with Gasteiger partial charge in [-0.15, -0.1) is 12.4 Å². The highest BCUT2D eigenvalue weighted by molar-refractivity contribution is 5.85. The second kappa shape index (κ2) is 3.99. The second-order valence-corrected chi connectivity index (χ2v) is 3.22. The third kappa shape index (κ3) is 1.95. The first-order valence-corrected chi connectivity index (χ1v) is 4.21. The molecule has 3 heteroatoms. The van der Waals surface area contributed by atoms with Crippen molar-refractivity contribution in [2.45, 2.75) is 25.6 Å². The van der Waals surface area contributed by atoms with Gasteiger partial charge in [0, 0.05) is 12.0 Å². The lowest BCUT2D eigenvalue weighted by Crippen LogP contribution is -2.22. The zero-order chi connectivity index (χ0) is 8.55. The van der Waals surface area contributed by atoms with E-state index in [-0.39, 0.29) is 24.6 Å². The van der Waals surface area contributed by atoms with Gasteiger partial charge in [-0.3, -0.25) is 0 Å². The van der Waals surface area contributed by atoms with Crippen LogP contribution < -0.4 is 4.74 Å². The average Bonchev–Trinajstić information content (AvgIpc) is 2.04. The Morgan fingerprint density at radius 3 is 2.85 bits per heavy atom. The minimum Gasteiger partial charge on any atom is -0.490 e. The van der Waals surface area contributed by atoms with Crippen molar-refractivity contribution in [2.24, 2.45) is 0 Å². The van der Waals surface area contributed by atoms with E-state index in [0.717, 1.165) is 11.3 Å². The highest BCUT2D eigenvalue weighted by Crippen LogP contribution is 2.33. The number of benzene rings is 1. The van der Waals surface area contributed by atoms with E-state index < -0.39 is 0 Å². The van der Waals surface area contributed by atoms with Gasteiger partial charge in [-0.05, 0) is 13.0 Å². The van der Waals surface area contributed by atoms with E-state index in [0.29, 0.717) is 6.42 Å². The van der Waals surface area contributed by atoms with Crippen molar-refractivity contribution in [3.05, 3.63) is 29.8 Å². The average molecular weight is 201 g/mol. The summed E-state index contributed by atoms with van der Waals surface area (Å²) < 4.78 is 5.54. The molecule has 13 heavy (non-hydrogen) atoms. The van der Waals surface area contributed by atoms with Crippen molar-refractivity contribution in [2.75, 3.05) is 0 Å². The zero-order valence-electron chi connectivity index (χ0n) is 7.43. The fourth-order valence-corrected chi connectivity index (χ4v) is 1.57. The molecule has 0 fully saturated rings. The Labute approximate surface area is 83.9 Å². The molecule has 2 atom stereocenters. The maximum absolute atomic E-state index is 9.65. The van der Waals surface area contributed by atoms with Crippen LogP contribution in [0.3, 0.4) is 0 Å². The van der Waals surface area contributed by atoms with Crippen LogP contribution in [0.15, 0.2) is 24.3 Å². The van der Waals surface area contributed by atoms with Crippen LogP contribution in [0.25, 0.3) is 0 Å². The Morgan fingerprint density at radius 2 is 2.08 bits per heavy atom. The quantitative estimate of drug-likeness (QED) is 0.697. The van der Waals surface area contributed by atoms with Gasteiger partial charge in [-0.25, -0.2) is 0 Å². The molecule has 2 nitrogen and oxygen atoms in total. The first-order chi connectivity index (χ1) is 5.77. The molecule has 0 aromatic heterocycles. The number of aliphatic hydroxyl groups excluding tert-OH is 1. The molecule has 1 aliphatic rings. The molecule has 0 amide bonds. The Balaban J connectivity index is 0.000000845. The summed E-state index contributed by atoms with van der Waals surface area (Å²) in [5.41, 5.74) is 0.913. The van der Waals surface area contributed by atoms with Gasteiger partial charge in [0.15, 0.2) is 0 Å². The molecular formula is C10H13ClO2. The fourth-order valence-electron chi connectivity index (χ4n) is 1.57. The van der Waals surface area contributed by atoms with Crippen LogP contribution >= 0.6 is 12.4 Å². The minimum absolute atomic E-state index is 0. The van der Waals surface area contributed by atoms with Crippen LogP contribution in [0, 0.1) is 0 Å². The van der Waals surface area contributed by atoms with Gasteiger partial charge < -0.3 is 9.84 Å². The van der Waals surface area contributed by atoms with E-state index in [4.69, 9.17) is 4.74 Å². The summed E-state index contributed by atoms with van der Waals surface area (Å²) in [7, 11) is 0. The normalized spacial score (nSPS) is 25.4. The van der Waals surface area contributed by atoms with Crippen molar-refractivity contribution in [3.8, 4) is 5.75 Å². The zero-order valence-corrected chi connectivity index (χ0v) is 8.25. The van der Waals surface area contributed by atoms with Crippen LogP contribution in [0.4, 0.5) is 0 Å². The highest BCUT2D eigenvalue weighted by atomic mass is 35.5. The smallest absolute Gasteiger partial charge is 0.125 e. The van der Waals surface area contributed by atoms with E-state index in [9.17, 15) is 5.11 Å². The maximum atomic E-state index is 9.65. The predicted octanol–water partition coefficient (Wildman–Crippen LogP) is 2.31. The number of hydrogen-bond donors (Lipinski definition) is 1. The fraction of sp³-hybridized carbons (Fsp3) is 0.400. The summed E-state index contributed by atoms with van der Waals surface area (Å²) >= 11 is 0. The first-order valence-electron chi connectivity index (χ1n) is 4.21. The number of fused-ring (bicyclic) bond motifs is 1. The Morgan fingerprint density at radius 1 is 1.38 bits per heavy atom. The van der Waals surface area contributed by atoms with Gasteiger partial charge in [0.25, 0.3) is 0 Å². The standard InChI is InChI=1S/C10H12O2.ClH/c1-7-6-9(11)8-4-2-3-5-10(8)12-7;/h2-5,7,9,11H,6H2,1H3;1H. The highest BCUT2D eigenvalue weighted by Gasteiger charge is 2.22. The van der Waals surface area contributed by atoms with Crippen molar-refractivity contribution in [3.63, 3.8) is 0 Å². The molecule has 2 rings (SSSR count). The summed E-state index contributed by atoms with van der Waals surface area (Å²) in [4.78, 5) is 0. The molecule has 1 heterocycles. The number of ether oxygens (including phenoxy) is 1. The monoisotopic (exact) mass is 200 g/mol. The second-order valence-electron chi connectivity index (χ2n) is 3.22. The molecule has 2 unspecified atom stereocenters. The topological polar surface area (TPSA) is 29.5 Å². The number of halogens is 1. The number of hydrogen-bond acceptors (Lipinski definition) is 2. The van der Waals surface area contributed by atoms with Gasteiger partial charge in [0.1, 0.15) is 5.75 Å². The van der Waals surface area contributed by atoms with Crippen molar-refractivity contribution >= 4 is 12.4 Å². The molecule has 1 aliphatic heterocycles. The largest absolute Gasteiger partial charge is 0.490 e. The Bertz CT molecular complexity index is 288. The van der Waals surface area contributed by atoms with E-state index in [1.807, 2.05) is 31.2 Å². The SMILES string of the molecule is CC1CC(O)c2ccccc2O1.Cl. The lowest BCUT2D eigenvalue weighted by molar-refractivity contribution is 0.0749. The molecule has 0 radical (unpaired) electrons. The lowest BCUT2D eigenvalue weighted by Gasteiger charge is -2.26. The van der Waals surface area contributed by atoms with Crippen LogP contribution in [0.1, 0.15) is 25.0 Å². The third-order valence-corrected chi connectivity index (χ3v) is 2.16. The van der Waals surface area contributed by atoms with Crippen molar-refractivity contribution < 1.29 is 9.84 Å². The molecule has 0 bridgehead atoms. The van der Waals surface area contributed by atoms with Crippen LogP contribution in [0.5, 0.6) is 5.75 Å². The van der Waals surface area contributed by atoms with Gasteiger partial charge in [-0.2, -0.15) is 0 Å². The molecule has 1 N–H and O–H groups in total. The molecule has 1 aromatic carbocycles. The van der Waals surface area contributed by atoms with Crippen LogP contribution in [-0.4, -0.2) is 11.2 Å². The van der Waals surface area contributed by atoms with Crippen molar-refractivity contribution in [1.29, 1.82) is 0 Å². The summed E-state index contributed by atoms with van der Waals surface area (Å²) in [6.07, 6.45) is 0.455. The lowest BCUT2D eigenvalue weighted by atomic mass is 10.0. The van der Waals surface area contributed by atoms with E-state index in [1.165, 1.54) is 0 Å². The third-order valence-electron chi connectivity index (χ3n) is 2.16. The summed E-state index contributed by atoms with van der Waals surface area (Å²) in [5, 5.41) is 9.65. The summed E-state index contributed by atoms with van der Waals surface area (Å²) in [6, 6.07) is 7.64. The van der Waals surface area contributed by atoms with Crippen LogP contribution in [-0.2, 0) is 0 Å².